The van der Waals surface area contributed by atoms with Crippen molar-refractivity contribution in [2.24, 2.45) is 5.41 Å². The van der Waals surface area contributed by atoms with Gasteiger partial charge in [-0.05, 0) is 19.3 Å². The van der Waals surface area contributed by atoms with Gasteiger partial charge in [-0.15, -0.1) is 0 Å². The molecule has 1 aliphatic rings. The fraction of sp³-hybridized carbons (Fsp3) is 0.857. The first kappa shape index (κ1) is 16.9. The van der Waals surface area contributed by atoms with Gasteiger partial charge in [0.15, 0.2) is 0 Å². The topological polar surface area (TPSA) is 76.1 Å². The number of hydrogen-bond acceptors (Lipinski definition) is 4. The van der Waals surface area contributed by atoms with E-state index in [0.29, 0.717) is 39.1 Å². The van der Waals surface area contributed by atoms with Gasteiger partial charge in [0, 0.05) is 40.3 Å². The van der Waals surface area contributed by atoms with Crippen LogP contribution in [0, 0.1) is 5.41 Å². The van der Waals surface area contributed by atoms with E-state index in [4.69, 9.17) is 9.47 Å². The van der Waals surface area contributed by atoms with Crippen molar-refractivity contribution in [3.8, 4) is 0 Å². The first-order chi connectivity index (χ1) is 9.55. The molecule has 0 atom stereocenters. The summed E-state index contributed by atoms with van der Waals surface area (Å²) in [5, 5.41) is 9.29. The summed E-state index contributed by atoms with van der Waals surface area (Å²) in [6.07, 6.45) is 2.93. The average molecular weight is 287 g/mol. The highest BCUT2D eigenvalue weighted by Crippen LogP contribution is 2.44. The number of nitrogens with zero attached hydrogens (tertiary/aromatic N) is 1. The average Bonchev–Trinajstić information content (AvgIpc) is 2.37. The zero-order valence-electron chi connectivity index (χ0n) is 12.4. The van der Waals surface area contributed by atoms with Crippen LogP contribution in [-0.4, -0.2) is 62.4 Å². The van der Waals surface area contributed by atoms with Gasteiger partial charge in [-0.3, -0.25) is 9.59 Å². The number of rotatable bonds is 10. The van der Waals surface area contributed by atoms with Crippen molar-refractivity contribution in [1.29, 1.82) is 0 Å². The maximum absolute atomic E-state index is 12.3. The first-order valence-corrected chi connectivity index (χ1v) is 7.05. The van der Waals surface area contributed by atoms with Crippen LogP contribution in [0.1, 0.15) is 32.1 Å². The number of hydrogen-bond donors (Lipinski definition) is 1. The minimum atomic E-state index is -0.847. The highest BCUT2D eigenvalue weighted by Gasteiger charge is 2.46. The molecule has 0 heterocycles. The SMILES string of the molecule is COCCCN(CCOC)C(=O)CC1(C(=O)O)CCC1. The van der Waals surface area contributed by atoms with E-state index < -0.39 is 11.4 Å². The molecule has 0 saturated heterocycles. The number of carboxylic acid groups (broad SMARTS) is 1. The van der Waals surface area contributed by atoms with Crippen LogP contribution < -0.4 is 0 Å². The van der Waals surface area contributed by atoms with E-state index in [-0.39, 0.29) is 12.3 Å². The Kier molecular flexibility index (Phi) is 6.95. The summed E-state index contributed by atoms with van der Waals surface area (Å²) < 4.78 is 9.99. The van der Waals surface area contributed by atoms with Crippen LogP contribution in [0.15, 0.2) is 0 Å². The molecule has 1 amide bonds. The lowest BCUT2D eigenvalue weighted by atomic mass is 9.66. The van der Waals surface area contributed by atoms with E-state index in [1.54, 1.807) is 19.1 Å². The van der Waals surface area contributed by atoms with Crippen molar-refractivity contribution in [3.63, 3.8) is 0 Å². The van der Waals surface area contributed by atoms with Crippen LogP contribution in [0.4, 0.5) is 0 Å². The van der Waals surface area contributed by atoms with Gasteiger partial charge >= 0.3 is 5.97 Å². The number of aliphatic carboxylic acids is 1. The number of methoxy groups -OCH3 is 2. The molecule has 0 aromatic carbocycles. The Labute approximate surface area is 120 Å². The zero-order chi connectivity index (χ0) is 15.0. The molecule has 20 heavy (non-hydrogen) atoms. The number of ether oxygens (including phenoxy) is 2. The van der Waals surface area contributed by atoms with Gasteiger partial charge in [-0.1, -0.05) is 6.42 Å². The van der Waals surface area contributed by atoms with Gasteiger partial charge in [0.2, 0.25) is 5.91 Å². The van der Waals surface area contributed by atoms with E-state index in [2.05, 4.69) is 0 Å². The normalized spacial score (nSPS) is 16.5. The molecule has 0 aliphatic heterocycles. The highest BCUT2D eigenvalue weighted by molar-refractivity contribution is 5.85. The van der Waals surface area contributed by atoms with Crippen LogP contribution in [0.25, 0.3) is 0 Å². The Morgan fingerprint density at radius 1 is 1.15 bits per heavy atom. The molecular weight excluding hydrogens is 262 g/mol. The Hall–Kier alpha value is -1.14. The number of carboxylic acids is 1. The van der Waals surface area contributed by atoms with E-state index in [1.165, 1.54) is 0 Å². The lowest BCUT2D eigenvalue weighted by Gasteiger charge is -2.38. The quantitative estimate of drug-likeness (QED) is 0.610. The first-order valence-electron chi connectivity index (χ1n) is 7.05. The van der Waals surface area contributed by atoms with Gasteiger partial charge in [-0.25, -0.2) is 0 Å². The fourth-order valence-corrected chi connectivity index (χ4v) is 2.43. The Balaban J connectivity index is 2.54. The highest BCUT2D eigenvalue weighted by atomic mass is 16.5. The molecule has 1 N–H and O–H groups in total. The third-order valence-corrected chi connectivity index (χ3v) is 3.95. The summed E-state index contributed by atoms with van der Waals surface area (Å²) in [6, 6.07) is 0. The number of amides is 1. The minimum absolute atomic E-state index is 0.0963. The summed E-state index contributed by atoms with van der Waals surface area (Å²) in [5.74, 6) is -0.944. The van der Waals surface area contributed by atoms with Crippen molar-refractivity contribution < 1.29 is 24.2 Å². The van der Waals surface area contributed by atoms with Gasteiger partial charge in [0.05, 0.1) is 12.0 Å². The third kappa shape index (κ3) is 4.45. The van der Waals surface area contributed by atoms with Crippen molar-refractivity contribution in [2.75, 3.05) is 40.5 Å². The van der Waals surface area contributed by atoms with Crippen molar-refractivity contribution in [3.05, 3.63) is 0 Å². The molecule has 1 rings (SSSR count). The van der Waals surface area contributed by atoms with Gasteiger partial charge in [0.1, 0.15) is 0 Å². The Bertz CT molecular complexity index is 328. The van der Waals surface area contributed by atoms with Gasteiger partial charge < -0.3 is 19.5 Å². The summed E-state index contributed by atoms with van der Waals surface area (Å²) >= 11 is 0. The Morgan fingerprint density at radius 3 is 2.25 bits per heavy atom. The Morgan fingerprint density at radius 2 is 1.80 bits per heavy atom. The van der Waals surface area contributed by atoms with E-state index in [0.717, 1.165) is 12.8 Å². The van der Waals surface area contributed by atoms with Gasteiger partial charge in [0.25, 0.3) is 0 Å². The van der Waals surface area contributed by atoms with E-state index >= 15 is 0 Å². The predicted octanol–water partition coefficient (Wildman–Crippen LogP) is 1.14. The standard InChI is InChI=1S/C14H25NO5/c1-19-9-4-7-15(8-10-20-2)12(16)11-14(13(17)18)5-3-6-14/h3-11H2,1-2H3,(H,17,18). The molecule has 1 aliphatic carbocycles. The molecule has 0 bridgehead atoms. The number of carbonyl (C=O) groups excluding carboxylic acids is 1. The molecule has 6 heteroatoms. The van der Waals surface area contributed by atoms with Crippen LogP contribution in [-0.2, 0) is 19.1 Å². The second-order valence-corrected chi connectivity index (χ2v) is 5.34. The largest absolute Gasteiger partial charge is 0.481 e. The van der Waals surface area contributed by atoms with Crippen LogP contribution in [0.5, 0.6) is 0 Å². The second kappa shape index (κ2) is 8.21. The molecule has 0 spiro atoms. The smallest absolute Gasteiger partial charge is 0.310 e. The van der Waals surface area contributed by atoms with Crippen molar-refractivity contribution >= 4 is 11.9 Å². The molecule has 6 nitrogen and oxygen atoms in total. The molecule has 0 radical (unpaired) electrons. The lowest BCUT2D eigenvalue weighted by Crippen LogP contribution is -2.45. The minimum Gasteiger partial charge on any atom is -0.481 e. The zero-order valence-corrected chi connectivity index (χ0v) is 12.4. The van der Waals surface area contributed by atoms with E-state index in [9.17, 15) is 14.7 Å². The van der Waals surface area contributed by atoms with Crippen LogP contribution in [0.3, 0.4) is 0 Å². The molecule has 0 aromatic rings. The second-order valence-electron chi connectivity index (χ2n) is 5.34. The summed E-state index contributed by atoms with van der Waals surface area (Å²) in [5.41, 5.74) is -0.830. The fourth-order valence-electron chi connectivity index (χ4n) is 2.43. The van der Waals surface area contributed by atoms with Gasteiger partial charge in [-0.2, -0.15) is 0 Å². The monoisotopic (exact) mass is 287 g/mol. The van der Waals surface area contributed by atoms with Crippen molar-refractivity contribution in [1.82, 2.24) is 4.90 Å². The molecule has 116 valence electrons. The lowest BCUT2D eigenvalue weighted by molar-refractivity contribution is -0.159. The number of carbonyl (C=O) groups is 2. The van der Waals surface area contributed by atoms with Crippen molar-refractivity contribution in [2.45, 2.75) is 32.1 Å². The molecule has 1 saturated carbocycles. The maximum Gasteiger partial charge on any atom is 0.310 e. The molecule has 1 fully saturated rings. The summed E-state index contributed by atoms with van der Waals surface area (Å²) in [4.78, 5) is 25.3. The predicted molar refractivity (Wildman–Crippen MR) is 73.5 cm³/mol. The van der Waals surface area contributed by atoms with E-state index in [1.807, 2.05) is 0 Å². The van der Waals surface area contributed by atoms with Crippen LogP contribution in [0.2, 0.25) is 0 Å². The third-order valence-electron chi connectivity index (χ3n) is 3.95. The maximum atomic E-state index is 12.3. The summed E-state index contributed by atoms with van der Waals surface area (Å²) in [7, 11) is 3.21. The molecule has 0 aromatic heterocycles. The molecule has 0 unspecified atom stereocenters. The summed E-state index contributed by atoms with van der Waals surface area (Å²) in [6.45, 7) is 2.11. The van der Waals surface area contributed by atoms with Crippen LogP contribution >= 0.6 is 0 Å². The molecular formula is C14H25NO5.